The van der Waals surface area contributed by atoms with Crippen molar-refractivity contribution in [2.45, 2.75) is 6.42 Å². The van der Waals surface area contributed by atoms with Gasteiger partial charge in [0.1, 0.15) is 5.82 Å². The maximum absolute atomic E-state index is 12.5. The second-order valence-corrected chi connectivity index (χ2v) is 3.01. The van der Waals surface area contributed by atoms with E-state index in [1.807, 2.05) is 0 Å². The first-order chi connectivity index (χ1) is 5.24. The number of hydrogen-bond acceptors (Lipinski definition) is 2. The van der Waals surface area contributed by atoms with Gasteiger partial charge in [0, 0.05) is 11.8 Å². The molecule has 0 atom stereocenters. The Morgan fingerprint density at radius 1 is 1.64 bits per heavy atom. The highest BCUT2D eigenvalue weighted by Crippen LogP contribution is 2.09. The number of aromatic nitrogens is 2. The van der Waals surface area contributed by atoms with Crippen LogP contribution in [0.15, 0.2) is 6.20 Å². The average molecular weight is 239 g/mol. The zero-order chi connectivity index (χ0) is 8.27. The van der Waals surface area contributed by atoms with Crippen molar-refractivity contribution >= 4 is 27.5 Å². The quantitative estimate of drug-likeness (QED) is 0.584. The molecule has 0 amide bonds. The molecular formula is C6H5BrClFN2. The van der Waals surface area contributed by atoms with Crippen LogP contribution in [0.3, 0.4) is 0 Å². The molecule has 0 fully saturated rings. The van der Waals surface area contributed by atoms with Crippen molar-refractivity contribution in [3.63, 3.8) is 0 Å². The standard InChI is InChI=1S/C6H5BrClFN2/c7-2-1-5-10-3-4(9)6(8)11-5/h3H,1-2H2. The van der Waals surface area contributed by atoms with E-state index in [9.17, 15) is 4.39 Å². The van der Waals surface area contributed by atoms with Crippen LogP contribution in [0.1, 0.15) is 5.82 Å². The Morgan fingerprint density at radius 3 is 2.91 bits per heavy atom. The minimum atomic E-state index is -0.579. The van der Waals surface area contributed by atoms with Gasteiger partial charge in [-0.2, -0.15) is 0 Å². The normalized spacial score (nSPS) is 10.1. The maximum atomic E-state index is 12.5. The topological polar surface area (TPSA) is 25.8 Å². The first-order valence-electron chi connectivity index (χ1n) is 2.97. The van der Waals surface area contributed by atoms with Crippen LogP contribution in [0, 0.1) is 5.82 Å². The fraction of sp³-hybridized carbons (Fsp3) is 0.333. The number of alkyl halides is 1. The van der Waals surface area contributed by atoms with Crippen molar-refractivity contribution in [3.05, 3.63) is 23.0 Å². The first kappa shape index (κ1) is 8.87. The molecule has 0 saturated heterocycles. The summed E-state index contributed by atoms with van der Waals surface area (Å²) >= 11 is 8.62. The Hall–Kier alpha value is -0.220. The fourth-order valence-corrected chi connectivity index (χ4v) is 1.09. The molecule has 0 radical (unpaired) electrons. The lowest BCUT2D eigenvalue weighted by Crippen LogP contribution is -1.97. The molecule has 60 valence electrons. The molecule has 5 heteroatoms. The van der Waals surface area contributed by atoms with Crippen LogP contribution in [0.5, 0.6) is 0 Å². The molecule has 0 spiro atoms. The third kappa shape index (κ3) is 2.38. The molecule has 0 aliphatic heterocycles. The monoisotopic (exact) mass is 238 g/mol. The van der Waals surface area contributed by atoms with Crippen LogP contribution >= 0.6 is 27.5 Å². The molecule has 1 aromatic heterocycles. The molecule has 0 N–H and O–H groups in total. The number of aryl methyl sites for hydroxylation is 1. The zero-order valence-corrected chi connectivity index (χ0v) is 7.86. The fourth-order valence-electron chi connectivity index (χ4n) is 0.585. The molecular weight excluding hydrogens is 234 g/mol. The van der Waals surface area contributed by atoms with E-state index in [1.54, 1.807) is 0 Å². The zero-order valence-electron chi connectivity index (χ0n) is 5.52. The van der Waals surface area contributed by atoms with Crippen LogP contribution in [-0.2, 0) is 6.42 Å². The average Bonchev–Trinajstić information content (AvgIpc) is 1.98. The summed E-state index contributed by atoms with van der Waals surface area (Å²) in [6.07, 6.45) is 1.73. The van der Waals surface area contributed by atoms with Gasteiger partial charge in [0.2, 0.25) is 0 Å². The second kappa shape index (κ2) is 3.97. The highest BCUT2D eigenvalue weighted by Gasteiger charge is 2.02. The molecule has 1 aromatic rings. The maximum Gasteiger partial charge on any atom is 0.178 e. The number of rotatable bonds is 2. The van der Waals surface area contributed by atoms with Gasteiger partial charge in [-0.15, -0.1) is 0 Å². The predicted molar refractivity (Wildman–Crippen MR) is 44.5 cm³/mol. The van der Waals surface area contributed by atoms with Crippen molar-refractivity contribution < 1.29 is 4.39 Å². The van der Waals surface area contributed by atoms with E-state index in [4.69, 9.17) is 11.6 Å². The SMILES string of the molecule is Fc1cnc(CCBr)nc1Cl. The van der Waals surface area contributed by atoms with Crippen molar-refractivity contribution in [2.24, 2.45) is 0 Å². The molecule has 1 heterocycles. The van der Waals surface area contributed by atoms with Crippen LogP contribution in [0.2, 0.25) is 5.15 Å². The smallest absolute Gasteiger partial charge is 0.178 e. The summed E-state index contributed by atoms with van der Waals surface area (Å²) in [6.45, 7) is 0. The van der Waals surface area contributed by atoms with Crippen LogP contribution in [-0.4, -0.2) is 15.3 Å². The van der Waals surface area contributed by atoms with E-state index in [-0.39, 0.29) is 5.15 Å². The van der Waals surface area contributed by atoms with Crippen molar-refractivity contribution in [2.75, 3.05) is 5.33 Å². The molecule has 2 nitrogen and oxygen atoms in total. The van der Waals surface area contributed by atoms with E-state index < -0.39 is 5.82 Å². The highest BCUT2D eigenvalue weighted by molar-refractivity contribution is 9.09. The van der Waals surface area contributed by atoms with Crippen molar-refractivity contribution in [1.29, 1.82) is 0 Å². The van der Waals surface area contributed by atoms with Gasteiger partial charge >= 0.3 is 0 Å². The van der Waals surface area contributed by atoms with Crippen LogP contribution in [0.25, 0.3) is 0 Å². The summed E-state index contributed by atoms with van der Waals surface area (Å²) in [4.78, 5) is 7.44. The Kier molecular flexibility index (Phi) is 3.20. The minimum absolute atomic E-state index is 0.115. The Bertz CT molecular complexity index is 256. The molecule has 1 rings (SSSR count). The summed E-state index contributed by atoms with van der Waals surface area (Å²) in [6, 6.07) is 0. The lowest BCUT2D eigenvalue weighted by molar-refractivity contribution is 0.610. The molecule has 0 aliphatic carbocycles. The summed E-state index contributed by atoms with van der Waals surface area (Å²) in [5.74, 6) is -0.0294. The Morgan fingerprint density at radius 2 is 2.36 bits per heavy atom. The number of nitrogens with zero attached hydrogens (tertiary/aromatic N) is 2. The largest absolute Gasteiger partial charge is 0.238 e. The molecule has 0 bridgehead atoms. The summed E-state index contributed by atoms with van der Waals surface area (Å²) in [7, 11) is 0. The summed E-state index contributed by atoms with van der Waals surface area (Å²) in [5.41, 5.74) is 0. The minimum Gasteiger partial charge on any atom is -0.238 e. The third-order valence-corrected chi connectivity index (χ3v) is 1.73. The molecule has 0 unspecified atom stereocenters. The van der Waals surface area contributed by atoms with Gasteiger partial charge in [-0.05, 0) is 0 Å². The van der Waals surface area contributed by atoms with Crippen molar-refractivity contribution in [3.8, 4) is 0 Å². The molecule has 11 heavy (non-hydrogen) atoms. The van der Waals surface area contributed by atoms with Gasteiger partial charge in [-0.1, -0.05) is 27.5 Å². The van der Waals surface area contributed by atoms with E-state index in [0.29, 0.717) is 12.2 Å². The highest BCUT2D eigenvalue weighted by atomic mass is 79.9. The third-order valence-electron chi connectivity index (χ3n) is 1.07. The van der Waals surface area contributed by atoms with Gasteiger partial charge in [0.05, 0.1) is 6.20 Å². The molecule has 0 aromatic carbocycles. The van der Waals surface area contributed by atoms with E-state index >= 15 is 0 Å². The Labute approximate surface area is 76.9 Å². The van der Waals surface area contributed by atoms with Gasteiger partial charge in [-0.3, -0.25) is 0 Å². The summed E-state index contributed by atoms with van der Waals surface area (Å²) in [5, 5.41) is 0.630. The van der Waals surface area contributed by atoms with Crippen molar-refractivity contribution in [1.82, 2.24) is 9.97 Å². The lowest BCUT2D eigenvalue weighted by Gasteiger charge is -1.96. The lowest BCUT2D eigenvalue weighted by atomic mass is 10.4. The van der Waals surface area contributed by atoms with Gasteiger partial charge in [0.25, 0.3) is 0 Å². The van der Waals surface area contributed by atoms with Crippen LogP contribution < -0.4 is 0 Å². The van der Waals surface area contributed by atoms with Gasteiger partial charge in [0.15, 0.2) is 11.0 Å². The predicted octanol–water partition coefficient (Wildman–Crippen LogP) is 2.21. The second-order valence-electron chi connectivity index (χ2n) is 1.86. The summed E-state index contributed by atoms with van der Waals surface area (Å²) < 4.78 is 12.5. The van der Waals surface area contributed by atoms with Gasteiger partial charge in [-0.25, -0.2) is 14.4 Å². The molecule has 0 saturated carbocycles. The van der Waals surface area contributed by atoms with Crippen LogP contribution in [0.4, 0.5) is 4.39 Å². The van der Waals surface area contributed by atoms with Gasteiger partial charge < -0.3 is 0 Å². The number of hydrogen-bond donors (Lipinski definition) is 0. The first-order valence-corrected chi connectivity index (χ1v) is 4.47. The number of halogens is 3. The van der Waals surface area contributed by atoms with E-state index in [1.165, 1.54) is 0 Å². The van der Waals surface area contributed by atoms with E-state index in [0.717, 1.165) is 11.5 Å². The Balaban J connectivity index is 2.86. The van der Waals surface area contributed by atoms with E-state index in [2.05, 4.69) is 25.9 Å². The molecule has 0 aliphatic rings.